The van der Waals surface area contributed by atoms with Gasteiger partial charge in [-0.2, -0.15) is 0 Å². The first kappa shape index (κ1) is 19.4. The third-order valence-corrected chi connectivity index (χ3v) is 3.67. The molecule has 0 bridgehead atoms. The van der Waals surface area contributed by atoms with Crippen LogP contribution in [0.4, 0.5) is 4.39 Å². The van der Waals surface area contributed by atoms with E-state index in [1.165, 1.54) is 18.2 Å². The number of nitrogens with one attached hydrogen (secondary N) is 2. The molecule has 2 rings (SSSR count). The topological polar surface area (TPSA) is 67.2 Å². The molecule has 1 atom stereocenters. The molecule has 1 aromatic heterocycles. The lowest BCUT2D eigenvalue weighted by atomic mass is 10.0. The van der Waals surface area contributed by atoms with Gasteiger partial charge >= 0.3 is 0 Å². The molecule has 0 saturated heterocycles. The van der Waals surface area contributed by atoms with Crippen molar-refractivity contribution in [1.29, 1.82) is 0 Å². The van der Waals surface area contributed by atoms with Crippen LogP contribution in [-0.4, -0.2) is 30.7 Å². The molecule has 126 valence electrons. The predicted molar refractivity (Wildman–Crippen MR) is 89.7 cm³/mol. The van der Waals surface area contributed by atoms with E-state index in [9.17, 15) is 9.18 Å². The molecule has 0 aliphatic carbocycles. The van der Waals surface area contributed by atoms with Crippen LogP contribution in [0.25, 0.3) is 11.3 Å². The fourth-order valence-electron chi connectivity index (χ4n) is 1.97. The van der Waals surface area contributed by atoms with E-state index in [1.54, 1.807) is 14.0 Å². The molecule has 1 heterocycles. The van der Waals surface area contributed by atoms with Crippen LogP contribution >= 0.6 is 24.0 Å². The smallest absolute Gasteiger partial charge is 0.257 e. The number of likely N-dealkylation sites (N-methyl/N-ethyl adjacent to an activating group) is 1. The Balaban J connectivity index is 0.00000264. The van der Waals surface area contributed by atoms with Crippen LogP contribution in [0.3, 0.4) is 0 Å². The van der Waals surface area contributed by atoms with Crippen LogP contribution in [0.1, 0.15) is 23.0 Å². The Morgan fingerprint density at radius 3 is 2.78 bits per heavy atom. The highest BCUT2D eigenvalue weighted by molar-refractivity contribution is 6.33. The third-order valence-electron chi connectivity index (χ3n) is 3.35. The van der Waals surface area contributed by atoms with Crippen LogP contribution in [0, 0.1) is 12.7 Å². The minimum Gasteiger partial charge on any atom is -0.360 e. The Bertz CT molecular complexity index is 671. The van der Waals surface area contributed by atoms with Gasteiger partial charge < -0.3 is 15.2 Å². The van der Waals surface area contributed by atoms with Crippen LogP contribution in [0.15, 0.2) is 22.7 Å². The summed E-state index contributed by atoms with van der Waals surface area (Å²) < 4.78 is 19.1. The monoisotopic (exact) mass is 361 g/mol. The Hall–Kier alpha value is -1.63. The predicted octanol–water partition coefficient (Wildman–Crippen LogP) is 3.20. The van der Waals surface area contributed by atoms with Crippen molar-refractivity contribution in [1.82, 2.24) is 15.8 Å². The lowest BCUT2D eigenvalue weighted by molar-refractivity contribution is 0.0949. The molecule has 0 radical (unpaired) electrons. The van der Waals surface area contributed by atoms with E-state index in [0.29, 0.717) is 12.3 Å². The Morgan fingerprint density at radius 1 is 1.48 bits per heavy atom. The van der Waals surface area contributed by atoms with E-state index in [-0.39, 0.29) is 46.2 Å². The number of benzene rings is 1. The fourth-order valence-corrected chi connectivity index (χ4v) is 2.22. The molecule has 0 spiro atoms. The summed E-state index contributed by atoms with van der Waals surface area (Å²) in [6.45, 7) is 3.95. The summed E-state index contributed by atoms with van der Waals surface area (Å²) in [4.78, 5) is 12.4. The maximum absolute atomic E-state index is 14.0. The number of carbonyl (C=O) groups excluding carboxylic acids is 1. The molecule has 1 amide bonds. The fraction of sp³-hybridized carbons (Fsp3) is 0.333. The van der Waals surface area contributed by atoms with Gasteiger partial charge in [-0.25, -0.2) is 4.39 Å². The maximum atomic E-state index is 14.0. The van der Waals surface area contributed by atoms with Crippen LogP contribution in [0.2, 0.25) is 5.02 Å². The molecule has 0 saturated carbocycles. The second kappa shape index (κ2) is 8.29. The van der Waals surface area contributed by atoms with Crippen LogP contribution in [-0.2, 0) is 0 Å². The number of rotatable bonds is 5. The van der Waals surface area contributed by atoms with E-state index in [2.05, 4.69) is 15.8 Å². The normalized spacial score (nSPS) is 11.7. The molecule has 1 aromatic carbocycles. The van der Waals surface area contributed by atoms with Gasteiger partial charge in [0.1, 0.15) is 22.8 Å². The SMILES string of the molecule is CNC(C)CNC(=O)c1c(-c2c(F)cccc2Cl)noc1C.Cl. The van der Waals surface area contributed by atoms with Crippen molar-refractivity contribution >= 4 is 29.9 Å². The zero-order valence-corrected chi connectivity index (χ0v) is 14.5. The number of aromatic nitrogens is 1. The second-order valence-electron chi connectivity index (χ2n) is 4.96. The summed E-state index contributed by atoms with van der Waals surface area (Å²) in [7, 11) is 1.80. The van der Waals surface area contributed by atoms with Crippen molar-refractivity contribution in [2.45, 2.75) is 19.9 Å². The molecule has 0 aliphatic rings. The van der Waals surface area contributed by atoms with E-state index in [4.69, 9.17) is 16.1 Å². The highest BCUT2D eigenvalue weighted by Gasteiger charge is 2.25. The van der Waals surface area contributed by atoms with Gasteiger partial charge in [0.2, 0.25) is 0 Å². The first-order valence-corrected chi connectivity index (χ1v) is 7.19. The van der Waals surface area contributed by atoms with Gasteiger partial charge in [0.05, 0.1) is 10.6 Å². The minimum atomic E-state index is -0.557. The van der Waals surface area contributed by atoms with E-state index < -0.39 is 5.82 Å². The van der Waals surface area contributed by atoms with Gasteiger partial charge in [-0.3, -0.25) is 4.79 Å². The summed E-state index contributed by atoms with van der Waals surface area (Å²) >= 11 is 6.04. The number of aryl methyl sites for hydroxylation is 1. The molecule has 2 aromatic rings. The lowest BCUT2D eigenvalue weighted by Crippen LogP contribution is -2.37. The summed E-state index contributed by atoms with van der Waals surface area (Å²) in [5.41, 5.74) is 0.360. The van der Waals surface area contributed by atoms with Gasteiger partial charge in [-0.1, -0.05) is 22.8 Å². The van der Waals surface area contributed by atoms with Gasteiger partial charge in [0.25, 0.3) is 5.91 Å². The number of hydrogen-bond acceptors (Lipinski definition) is 4. The minimum absolute atomic E-state index is 0. The quantitative estimate of drug-likeness (QED) is 0.857. The van der Waals surface area contributed by atoms with Gasteiger partial charge in [-0.05, 0) is 33.0 Å². The average Bonchev–Trinajstić information content (AvgIpc) is 2.86. The Labute approximate surface area is 145 Å². The summed E-state index contributed by atoms with van der Waals surface area (Å²) in [5.74, 6) is -0.627. The van der Waals surface area contributed by atoms with Gasteiger partial charge in [-0.15, -0.1) is 12.4 Å². The number of halogens is 3. The standard InChI is InChI=1S/C15H17ClFN3O2.ClH/c1-8(18-3)7-19-15(21)12-9(2)22-20-14(12)13-10(16)5-4-6-11(13)17;/h4-6,8,18H,7H2,1-3H3,(H,19,21);1H. The summed E-state index contributed by atoms with van der Waals surface area (Å²) in [5, 5.41) is 9.74. The van der Waals surface area contributed by atoms with Crippen molar-refractivity contribution in [3.05, 3.63) is 40.4 Å². The molecular weight excluding hydrogens is 344 g/mol. The highest BCUT2D eigenvalue weighted by atomic mass is 35.5. The number of nitrogens with zero attached hydrogens (tertiary/aromatic N) is 1. The maximum Gasteiger partial charge on any atom is 0.257 e. The molecular formula is C15H18Cl2FN3O2. The summed E-state index contributed by atoms with van der Waals surface area (Å²) in [6, 6.07) is 4.39. The lowest BCUT2D eigenvalue weighted by Gasteiger charge is -2.11. The molecule has 8 heteroatoms. The van der Waals surface area contributed by atoms with Crippen LogP contribution in [0.5, 0.6) is 0 Å². The number of hydrogen-bond donors (Lipinski definition) is 2. The molecule has 0 fully saturated rings. The van der Waals surface area contributed by atoms with E-state index in [1.807, 2.05) is 6.92 Å². The Kier molecular flexibility index (Phi) is 7.00. The van der Waals surface area contributed by atoms with Gasteiger partial charge in [0.15, 0.2) is 0 Å². The van der Waals surface area contributed by atoms with Crippen molar-refractivity contribution in [2.24, 2.45) is 0 Å². The molecule has 23 heavy (non-hydrogen) atoms. The zero-order valence-electron chi connectivity index (χ0n) is 12.9. The first-order chi connectivity index (χ1) is 10.5. The van der Waals surface area contributed by atoms with E-state index in [0.717, 1.165) is 0 Å². The first-order valence-electron chi connectivity index (χ1n) is 6.81. The Morgan fingerprint density at radius 2 is 2.17 bits per heavy atom. The van der Waals surface area contributed by atoms with Crippen molar-refractivity contribution in [2.75, 3.05) is 13.6 Å². The molecule has 2 N–H and O–H groups in total. The van der Waals surface area contributed by atoms with Crippen molar-refractivity contribution < 1.29 is 13.7 Å². The largest absolute Gasteiger partial charge is 0.360 e. The third kappa shape index (κ3) is 4.22. The average molecular weight is 362 g/mol. The van der Waals surface area contributed by atoms with Crippen molar-refractivity contribution in [3.8, 4) is 11.3 Å². The molecule has 1 unspecified atom stereocenters. The highest BCUT2D eigenvalue weighted by Crippen LogP contribution is 2.33. The van der Waals surface area contributed by atoms with Crippen molar-refractivity contribution in [3.63, 3.8) is 0 Å². The molecule has 0 aliphatic heterocycles. The zero-order chi connectivity index (χ0) is 16.3. The number of carbonyl (C=O) groups is 1. The van der Waals surface area contributed by atoms with E-state index >= 15 is 0 Å². The van der Waals surface area contributed by atoms with Gasteiger partial charge in [0, 0.05) is 12.6 Å². The second-order valence-corrected chi connectivity index (χ2v) is 5.37. The van der Waals surface area contributed by atoms with Crippen LogP contribution < -0.4 is 10.6 Å². The summed E-state index contributed by atoms with van der Waals surface area (Å²) in [6.07, 6.45) is 0. The molecule has 5 nitrogen and oxygen atoms in total. The number of amides is 1.